The number of carbonyl (C=O) groups is 2. The number of benzene rings is 2. The molecule has 0 unspecified atom stereocenters. The minimum Gasteiger partial charge on any atom is -0.436 e. The molecule has 1 spiro atoms. The molecule has 2 aliphatic heterocycles. The predicted octanol–water partition coefficient (Wildman–Crippen LogP) is 4.65. The van der Waals surface area contributed by atoms with Gasteiger partial charge in [0.2, 0.25) is 0 Å². The van der Waals surface area contributed by atoms with E-state index in [1.54, 1.807) is 6.07 Å². The lowest BCUT2D eigenvalue weighted by Crippen LogP contribution is -2.53. The van der Waals surface area contributed by atoms with Crippen LogP contribution in [0.4, 0.5) is 20.7 Å². The smallest absolute Gasteiger partial charge is 0.412 e. The third-order valence-corrected chi connectivity index (χ3v) is 6.87. The van der Waals surface area contributed by atoms with Gasteiger partial charge in [-0.05, 0) is 36.6 Å². The lowest BCUT2D eigenvalue weighted by atomic mass is 9.83. The topological polar surface area (TPSA) is 102 Å². The fourth-order valence-electron chi connectivity index (χ4n) is 4.59. The second kappa shape index (κ2) is 8.48. The van der Waals surface area contributed by atoms with E-state index >= 15 is 4.39 Å². The van der Waals surface area contributed by atoms with Crippen LogP contribution in [0.1, 0.15) is 34.3 Å². The Balaban J connectivity index is 1.44. The van der Waals surface area contributed by atoms with E-state index in [1.165, 1.54) is 27.9 Å². The molecule has 5 rings (SSSR count). The Morgan fingerprint density at radius 1 is 1.24 bits per heavy atom. The maximum Gasteiger partial charge on any atom is 0.412 e. The van der Waals surface area contributed by atoms with Crippen molar-refractivity contribution in [3.8, 4) is 0 Å². The maximum absolute atomic E-state index is 15.1. The van der Waals surface area contributed by atoms with Gasteiger partial charge in [0.25, 0.3) is 5.91 Å². The minimum atomic E-state index is -1.36. The van der Waals surface area contributed by atoms with Gasteiger partial charge < -0.3 is 15.4 Å². The number of likely N-dealkylation sites (tertiary alicyclic amines) is 1. The van der Waals surface area contributed by atoms with E-state index in [-0.39, 0.29) is 40.1 Å². The molecular formula is C23H20Cl2FN5O3. The molecule has 34 heavy (non-hydrogen) atoms. The van der Waals surface area contributed by atoms with Crippen molar-refractivity contribution in [2.75, 3.05) is 24.1 Å². The van der Waals surface area contributed by atoms with Gasteiger partial charge in [0.15, 0.2) is 11.4 Å². The average molecular weight is 504 g/mol. The van der Waals surface area contributed by atoms with Gasteiger partial charge in [-0.1, -0.05) is 41.4 Å². The zero-order valence-electron chi connectivity index (χ0n) is 17.9. The number of hydrogen-bond donors (Lipinski definition) is 2. The highest BCUT2D eigenvalue weighted by molar-refractivity contribution is 6.31. The summed E-state index contributed by atoms with van der Waals surface area (Å²) in [6, 6.07) is 10.2. The first-order valence-corrected chi connectivity index (χ1v) is 11.4. The van der Waals surface area contributed by atoms with Crippen LogP contribution in [0.5, 0.6) is 0 Å². The normalized spacial score (nSPS) is 19.5. The summed E-state index contributed by atoms with van der Waals surface area (Å²) in [6.45, 7) is 0.639. The lowest BCUT2D eigenvalue weighted by molar-refractivity contribution is -0.0418. The highest BCUT2D eigenvalue weighted by Crippen LogP contribution is 2.45. The molecule has 3 aromatic rings. The second-order valence-corrected chi connectivity index (χ2v) is 9.13. The molecule has 1 atom stereocenters. The largest absolute Gasteiger partial charge is 0.436 e. The number of piperidine rings is 1. The van der Waals surface area contributed by atoms with Crippen LogP contribution >= 0.6 is 23.2 Å². The van der Waals surface area contributed by atoms with Crippen molar-refractivity contribution in [3.05, 3.63) is 75.1 Å². The standard InChI is InChI=1S/C23H20Cl2FN5O3/c24-15-5-2-1-4-13(15)11-31-20(27)14(10-28-31)21(32)30-9-3-8-23(12-30)18-17(29-22(33)34-23)7-6-16(25)19(18)26/h1-2,4-7,10H,3,8-9,11-12,27H2,(H,29,33)/t23-/m0/s1. The predicted molar refractivity (Wildman–Crippen MR) is 126 cm³/mol. The number of ether oxygens (including phenoxy) is 1. The van der Waals surface area contributed by atoms with Crippen LogP contribution in [-0.4, -0.2) is 39.8 Å². The molecule has 1 fully saturated rings. The summed E-state index contributed by atoms with van der Waals surface area (Å²) in [4.78, 5) is 27.2. The lowest BCUT2D eigenvalue weighted by Gasteiger charge is -2.45. The monoisotopic (exact) mass is 503 g/mol. The molecule has 176 valence electrons. The van der Waals surface area contributed by atoms with Crippen LogP contribution < -0.4 is 11.1 Å². The maximum atomic E-state index is 15.1. The van der Waals surface area contributed by atoms with Crippen LogP contribution in [0, 0.1) is 5.82 Å². The Bertz CT molecular complexity index is 1310. The van der Waals surface area contributed by atoms with Crippen molar-refractivity contribution in [2.45, 2.75) is 25.0 Å². The van der Waals surface area contributed by atoms with Gasteiger partial charge in [-0.2, -0.15) is 5.10 Å². The third kappa shape index (κ3) is 3.74. The molecular weight excluding hydrogens is 484 g/mol. The van der Waals surface area contributed by atoms with Crippen LogP contribution in [0.3, 0.4) is 0 Å². The first-order valence-electron chi connectivity index (χ1n) is 10.6. The molecule has 0 bridgehead atoms. The van der Waals surface area contributed by atoms with E-state index in [0.29, 0.717) is 31.0 Å². The molecule has 2 amide bonds. The Morgan fingerprint density at radius 2 is 2.03 bits per heavy atom. The van der Waals surface area contributed by atoms with Crippen molar-refractivity contribution in [1.82, 2.24) is 14.7 Å². The quantitative estimate of drug-likeness (QED) is 0.541. The number of amides is 2. The minimum absolute atomic E-state index is 0.0430. The highest BCUT2D eigenvalue weighted by Gasteiger charge is 2.48. The van der Waals surface area contributed by atoms with E-state index < -0.39 is 17.5 Å². The summed E-state index contributed by atoms with van der Waals surface area (Å²) in [5.74, 6) is -0.887. The Morgan fingerprint density at radius 3 is 2.82 bits per heavy atom. The summed E-state index contributed by atoms with van der Waals surface area (Å²) in [7, 11) is 0. The number of nitrogen functional groups attached to an aromatic ring is 1. The number of hydrogen-bond acceptors (Lipinski definition) is 5. The number of fused-ring (bicyclic) bond motifs is 2. The SMILES string of the molecule is Nc1c(C(=O)N2CCC[C@@]3(C2)OC(=O)Nc2ccc(Cl)c(F)c23)cnn1Cc1ccccc1Cl. The fraction of sp³-hybridized carbons (Fsp3) is 0.261. The van der Waals surface area contributed by atoms with Crippen molar-refractivity contribution < 1.29 is 18.7 Å². The van der Waals surface area contributed by atoms with Crippen LogP contribution in [0.25, 0.3) is 0 Å². The molecule has 1 saturated heterocycles. The Labute approximate surface area is 204 Å². The zero-order valence-corrected chi connectivity index (χ0v) is 19.4. The van der Waals surface area contributed by atoms with Crippen LogP contribution in [0.15, 0.2) is 42.6 Å². The van der Waals surface area contributed by atoms with Gasteiger partial charge >= 0.3 is 6.09 Å². The third-order valence-electron chi connectivity index (χ3n) is 6.21. The number of carbonyl (C=O) groups excluding carboxylic acids is 2. The fourth-order valence-corrected chi connectivity index (χ4v) is 4.94. The number of rotatable bonds is 3. The van der Waals surface area contributed by atoms with Crippen molar-refractivity contribution >= 4 is 46.7 Å². The first-order chi connectivity index (χ1) is 16.3. The summed E-state index contributed by atoms with van der Waals surface area (Å²) < 4.78 is 22.2. The van der Waals surface area contributed by atoms with Gasteiger partial charge in [0, 0.05) is 11.6 Å². The number of nitrogens with one attached hydrogen (secondary N) is 1. The summed E-state index contributed by atoms with van der Waals surface area (Å²) >= 11 is 12.3. The van der Waals surface area contributed by atoms with Gasteiger partial charge in [-0.25, -0.2) is 13.9 Å². The Hall–Kier alpha value is -3.30. The molecule has 2 aliphatic rings. The van der Waals surface area contributed by atoms with Gasteiger partial charge in [0.1, 0.15) is 11.4 Å². The zero-order chi connectivity index (χ0) is 24.0. The number of aromatic nitrogens is 2. The molecule has 0 saturated carbocycles. The summed E-state index contributed by atoms with van der Waals surface area (Å²) in [5.41, 5.74) is 6.33. The van der Waals surface area contributed by atoms with E-state index in [1.807, 2.05) is 18.2 Å². The number of nitrogens with zero attached hydrogens (tertiary/aromatic N) is 3. The van der Waals surface area contributed by atoms with Gasteiger partial charge in [-0.3, -0.25) is 10.1 Å². The van der Waals surface area contributed by atoms with Crippen LogP contribution in [0.2, 0.25) is 10.0 Å². The number of nitrogens with two attached hydrogens (primary N) is 1. The van der Waals surface area contributed by atoms with Gasteiger partial charge in [0.05, 0.1) is 35.6 Å². The summed E-state index contributed by atoms with van der Waals surface area (Å²) in [5, 5.41) is 7.24. The molecule has 3 heterocycles. The number of halogens is 3. The van der Waals surface area contributed by atoms with Crippen molar-refractivity contribution in [1.29, 1.82) is 0 Å². The van der Waals surface area contributed by atoms with E-state index in [0.717, 1.165) is 5.56 Å². The second-order valence-electron chi connectivity index (χ2n) is 8.32. The van der Waals surface area contributed by atoms with Crippen molar-refractivity contribution in [2.24, 2.45) is 0 Å². The molecule has 1 aromatic heterocycles. The molecule has 0 aliphatic carbocycles. The highest BCUT2D eigenvalue weighted by atomic mass is 35.5. The molecule has 3 N–H and O–H groups in total. The first kappa shape index (κ1) is 22.5. The van der Waals surface area contributed by atoms with E-state index in [2.05, 4.69) is 10.4 Å². The Kier molecular flexibility index (Phi) is 5.61. The summed E-state index contributed by atoms with van der Waals surface area (Å²) in [6.07, 6.45) is 1.51. The molecule has 0 radical (unpaired) electrons. The number of anilines is 2. The van der Waals surface area contributed by atoms with Gasteiger partial charge in [-0.15, -0.1) is 0 Å². The average Bonchev–Trinajstić information content (AvgIpc) is 3.17. The molecule has 2 aromatic carbocycles. The van der Waals surface area contributed by atoms with E-state index in [9.17, 15) is 9.59 Å². The van der Waals surface area contributed by atoms with E-state index in [4.69, 9.17) is 33.7 Å². The molecule has 8 nitrogen and oxygen atoms in total. The van der Waals surface area contributed by atoms with Crippen molar-refractivity contribution in [3.63, 3.8) is 0 Å². The van der Waals surface area contributed by atoms with Crippen LogP contribution in [-0.2, 0) is 16.9 Å². The molecule has 11 heteroatoms.